The number of hydrogen-bond acceptors (Lipinski definition) is 6. The lowest BCUT2D eigenvalue weighted by molar-refractivity contribution is -0.115. The number of amides is 1. The maximum atomic E-state index is 12.3. The second kappa shape index (κ2) is 6.82. The number of nitrogens with one attached hydrogen (secondary N) is 1. The van der Waals surface area contributed by atoms with E-state index in [0.717, 1.165) is 45.5 Å². The monoisotopic (exact) mass is 349 g/mol. The molecule has 2 atom stereocenters. The van der Waals surface area contributed by atoms with E-state index in [0.29, 0.717) is 18.7 Å². The summed E-state index contributed by atoms with van der Waals surface area (Å²) < 4.78 is 5.53. The molecular weight excluding hydrogens is 326 g/mol. The van der Waals surface area contributed by atoms with E-state index in [1.165, 1.54) is 4.88 Å². The first kappa shape index (κ1) is 16.1. The normalized spacial score (nSPS) is 29.8. The van der Waals surface area contributed by atoms with E-state index in [1.807, 2.05) is 0 Å². The zero-order valence-electron chi connectivity index (χ0n) is 13.7. The smallest absolute Gasteiger partial charge is 0.269 e. The highest BCUT2D eigenvalue weighted by Crippen LogP contribution is 2.34. The van der Waals surface area contributed by atoms with Crippen molar-refractivity contribution < 1.29 is 14.4 Å². The fourth-order valence-corrected chi connectivity index (χ4v) is 4.41. The van der Waals surface area contributed by atoms with Crippen LogP contribution in [0.2, 0.25) is 0 Å². The van der Waals surface area contributed by atoms with Crippen LogP contribution in [0.1, 0.15) is 30.6 Å². The summed E-state index contributed by atoms with van der Waals surface area (Å²) in [5, 5.41) is 9.13. The van der Waals surface area contributed by atoms with Crippen LogP contribution in [0.5, 0.6) is 0 Å². The number of oxime groups is 1. The summed E-state index contributed by atoms with van der Waals surface area (Å²) in [4.78, 5) is 21.7. The maximum Gasteiger partial charge on any atom is 0.269 e. The quantitative estimate of drug-likeness (QED) is 0.880. The summed E-state index contributed by atoms with van der Waals surface area (Å²) in [6.45, 7) is 4.13. The Labute approximate surface area is 145 Å². The Morgan fingerprint density at radius 1 is 1.54 bits per heavy atom. The molecule has 0 aromatic carbocycles. The number of rotatable bonds is 5. The Balaban J connectivity index is 1.26. The van der Waals surface area contributed by atoms with Crippen LogP contribution in [0.4, 0.5) is 0 Å². The van der Waals surface area contributed by atoms with Gasteiger partial charge in [-0.1, -0.05) is 11.2 Å². The van der Waals surface area contributed by atoms with Crippen molar-refractivity contribution in [3.63, 3.8) is 0 Å². The summed E-state index contributed by atoms with van der Waals surface area (Å²) >= 11 is 1.78. The first-order valence-corrected chi connectivity index (χ1v) is 9.50. The standard InChI is InChI=1S/C17H23N3O3S/c21-16(18-10-13-3-1-7-22-13)15-9-17(23-19-15)5-6-20(12-17)11-14-4-2-8-24-14/h2,4,8,13H,1,3,5-7,9-12H2,(H,18,21)/t13-,17-/m1/s1. The van der Waals surface area contributed by atoms with E-state index < -0.39 is 0 Å². The Bertz CT molecular complexity index is 613. The van der Waals surface area contributed by atoms with Gasteiger partial charge in [-0.05, 0) is 24.3 Å². The number of likely N-dealkylation sites (tertiary alicyclic amines) is 1. The number of hydrogen-bond donors (Lipinski definition) is 1. The van der Waals surface area contributed by atoms with Gasteiger partial charge in [0, 0.05) is 50.5 Å². The van der Waals surface area contributed by atoms with E-state index in [4.69, 9.17) is 9.57 Å². The van der Waals surface area contributed by atoms with Crippen LogP contribution >= 0.6 is 11.3 Å². The minimum atomic E-state index is -0.312. The van der Waals surface area contributed by atoms with Crippen LogP contribution in [0, 0.1) is 0 Å². The molecule has 3 aliphatic rings. The van der Waals surface area contributed by atoms with Crippen LogP contribution in [0.3, 0.4) is 0 Å². The van der Waals surface area contributed by atoms with Crippen LogP contribution in [-0.2, 0) is 20.9 Å². The predicted molar refractivity (Wildman–Crippen MR) is 92.1 cm³/mol. The highest BCUT2D eigenvalue weighted by molar-refractivity contribution is 7.09. The Morgan fingerprint density at radius 2 is 2.50 bits per heavy atom. The van der Waals surface area contributed by atoms with E-state index in [-0.39, 0.29) is 17.6 Å². The van der Waals surface area contributed by atoms with E-state index in [2.05, 4.69) is 32.9 Å². The van der Waals surface area contributed by atoms with Crippen molar-refractivity contribution in [2.24, 2.45) is 5.16 Å². The molecule has 6 nitrogen and oxygen atoms in total. The first-order valence-electron chi connectivity index (χ1n) is 8.62. The van der Waals surface area contributed by atoms with Crippen LogP contribution in [0.15, 0.2) is 22.7 Å². The maximum absolute atomic E-state index is 12.3. The number of carbonyl (C=O) groups excluding carboxylic acids is 1. The fraction of sp³-hybridized carbons (Fsp3) is 0.647. The minimum absolute atomic E-state index is 0.112. The summed E-state index contributed by atoms with van der Waals surface area (Å²) in [6, 6.07) is 4.24. The molecule has 0 radical (unpaired) electrons. The van der Waals surface area contributed by atoms with Gasteiger partial charge in [0.25, 0.3) is 5.91 Å². The van der Waals surface area contributed by atoms with Gasteiger partial charge in [-0.25, -0.2) is 0 Å². The van der Waals surface area contributed by atoms with E-state index in [1.54, 1.807) is 11.3 Å². The van der Waals surface area contributed by atoms with Crippen molar-refractivity contribution in [1.82, 2.24) is 10.2 Å². The average Bonchev–Trinajstić information content (AvgIpc) is 3.35. The lowest BCUT2D eigenvalue weighted by Crippen LogP contribution is -2.39. The SMILES string of the molecule is O=C(NC[C@H]1CCCO1)C1=NO[C@]2(CCN(Cc3cccs3)C2)C1. The number of thiophene rings is 1. The van der Waals surface area contributed by atoms with E-state index >= 15 is 0 Å². The molecule has 1 N–H and O–H groups in total. The number of carbonyl (C=O) groups is 1. The second-order valence-electron chi connectivity index (χ2n) is 6.87. The molecule has 0 saturated carbocycles. The molecule has 0 aliphatic carbocycles. The predicted octanol–water partition coefficient (Wildman–Crippen LogP) is 1.76. The molecule has 4 rings (SSSR count). The van der Waals surface area contributed by atoms with Gasteiger partial charge in [0.15, 0.2) is 5.60 Å². The fourth-order valence-electron chi connectivity index (χ4n) is 3.66. The molecule has 1 spiro atoms. The highest BCUT2D eigenvalue weighted by Gasteiger charge is 2.46. The van der Waals surface area contributed by atoms with Gasteiger partial charge in [-0.15, -0.1) is 11.3 Å². The Morgan fingerprint density at radius 3 is 3.29 bits per heavy atom. The molecule has 3 aliphatic heterocycles. The van der Waals surface area contributed by atoms with Crippen molar-refractivity contribution in [3.05, 3.63) is 22.4 Å². The van der Waals surface area contributed by atoms with Crippen LogP contribution < -0.4 is 5.32 Å². The van der Waals surface area contributed by atoms with E-state index in [9.17, 15) is 4.79 Å². The summed E-state index contributed by atoms with van der Waals surface area (Å²) in [7, 11) is 0. The molecule has 7 heteroatoms. The Kier molecular flexibility index (Phi) is 4.56. The molecule has 1 aromatic heterocycles. The van der Waals surface area contributed by atoms with Gasteiger partial charge in [-0.3, -0.25) is 9.69 Å². The van der Waals surface area contributed by atoms with Crippen molar-refractivity contribution >= 4 is 23.0 Å². The van der Waals surface area contributed by atoms with Crippen molar-refractivity contribution in [1.29, 1.82) is 0 Å². The molecule has 24 heavy (non-hydrogen) atoms. The zero-order chi connectivity index (χ0) is 16.4. The van der Waals surface area contributed by atoms with Crippen LogP contribution in [-0.4, -0.2) is 54.5 Å². The molecule has 4 heterocycles. The Hall–Kier alpha value is -1.44. The van der Waals surface area contributed by atoms with Gasteiger partial charge in [0.1, 0.15) is 5.71 Å². The summed E-state index contributed by atoms with van der Waals surface area (Å²) in [6.07, 6.45) is 3.77. The molecule has 0 bridgehead atoms. The topological polar surface area (TPSA) is 63.2 Å². The zero-order valence-corrected chi connectivity index (χ0v) is 14.5. The molecule has 130 valence electrons. The van der Waals surface area contributed by atoms with Crippen molar-refractivity contribution in [3.8, 4) is 0 Å². The molecule has 0 unspecified atom stereocenters. The lowest BCUT2D eigenvalue weighted by Gasteiger charge is -2.21. The lowest BCUT2D eigenvalue weighted by atomic mass is 9.96. The van der Waals surface area contributed by atoms with Crippen molar-refractivity contribution in [2.45, 2.75) is 43.9 Å². The molecule has 1 amide bonds. The summed E-state index contributed by atoms with van der Waals surface area (Å²) in [5.74, 6) is -0.112. The van der Waals surface area contributed by atoms with Gasteiger partial charge in [0.2, 0.25) is 0 Å². The van der Waals surface area contributed by atoms with Gasteiger partial charge >= 0.3 is 0 Å². The first-order chi connectivity index (χ1) is 11.7. The van der Waals surface area contributed by atoms with Crippen molar-refractivity contribution in [2.75, 3.05) is 26.2 Å². The summed E-state index contributed by atoms with van der Waals surface area (Å²) in [5.41, 5.74) is 0.208. The molecule has 2 saturated heterocycles. The largest absolute Gasteiger partial charge is 0.387 e. The third kappa shape index (κ3) is 3.48. The van der Waals surface area contributed by atoms with Gasteiger partial charge < -0.3 is 14.9 Å². The third-order valence-electron chi connectivity index (χ3n) is 4.97. The number of nitrogens with zero attached hydrogens (tertiary/aromatic N) is 2. The molecule has 2 fully saturated rings. The number of ether oxygens (including phenoxy) is 1. The molecule has 1 aromatic rings. The molecular formula is C17H23N3O3S. The minimum Gasteiger partial charge on any atom is -0.387 e. The van der Waals surface area contributed by atoms with Gasteiger partial charge in [0.05, 0.1) is 6.10 Å². The van der Waals surface area contributed by atoms with Gasteiger partial charge in [-0.2, -0.15) is 0 Å². The third-order valence-corrected chi connectivity index (χ3v) is 5.83. The average molecular weight is 349 g/mol. The highest BCUT2D eigenvalue weighted by atomic mass is 32.1. The second-order valence-corrected chi connectivity index (χ2v) is 7.91. The van der Waals surface area contributed by atoms with Crippen LogP contribution in [0.25, 0.3) is 0 Å².